The van der Waals surface area contributed by atoms with Crippen molar-refractivity contribution in [1.82, 2.24) is 15.1 Å². The second-order valence-electron chi connectivity index (χ2n) is 9.10. The fourth-order valence-corrected chi connectivity index (χ4v) is 3.99. The minimum absolute atomic E-state index is 0.0148. The van der Waals surface area contributed by atoms with Crippen LogP contribution in [0, 0.1) is 17.8 Å². The molecule has 0 bridgehead atoms. The van der Waals surface area contributed by atoms with Crippen molar-refractivity contribution in [2.75, 3.05) is 34.8 Å². The van der Waals surface area contributed by atoms with Crippen LogP contribution in [-0.4, -0.2) is 85.8 Å². The maximum absolute atomic E-state index is 13.5. The number of ether oxygens (including phenoxy) is 1. The molecule has 0 aliphatic heterocycles. The van der Waals surface area contributed by atoms with E-state index in [0.29, 0.717) is 18.5 Å². The number of carbonyl (C=O) groups is 2. The fourth-order valence-electron chi connectivity index (χ4n) is 3.99. The highest BCUT2D eigenvalue weighted by atomic mass is 16.5. The highest BCUT2D eigenvalue weighted by Crippen LogP contribution is 2.23. The zero-order valence-electron chi connectivity index (χ0n) is 20.2. The van der Waals surface area contributed by atoms with Crippen LogP contribution < -0.4 is 5.32 Å². The van der Waals surface area contributed by atoms with Crippen LogP contribution in [0.3, 0.4) is 0 Å². The third-order valence-corrected chi connectivity index (χ3v) is 5.99. The number of carboxylic acids is 1. The van der Waals surface area contributed by atoms with Gasteiger partial charge in [0.1, 0.15) is 0 Å². The molecule has 1 amide bonds. The maximum Gasteiger partial charge on any atom is 0.306 e. The molecule has 0 aromatic carbocycles. The van der Waals surface area contributed by atoms with Gasteiger partial charge in [0.15, 0.2) is 0 Å². The van der Waals surface area contributed by atoms with Crippen molar-refractivity contribution in [2.45, 2.75) is 78.6 Å². The van der Waals surface area contributed by atoms with Crippen molar-refractivity contribution in [2.24, 2.45) is 17.8 Å². The lowest BCUT2D eigenvalue weighted by Gasteiger charge is -2.40. The number of likely N-dealkylation sites (N-methyl/N-ethyl adjacent to an activating group) is 2. The van der Waals surface area contributed by atoms with Crippen LogP contribution in [0.4, 0.5) is 0 Å². The Labute approximate surface area is 178 Å². The second-order valence-corrected chi connectivity index (χ2v) is 9.10. The summed E-state index contributed by atoms with van der Waals surface area (Å²) in [6.07, 6.45) is 0.158. The molecule has 0 radical (unpaired) electrons. The molecule has 0 rings (SSSR count). The van der Waals surface area contributed by atoms with E-state index in [1.54, 1.807) is 11.9 Å². The van der Waals surface area contributed by atoms with E-state index in [1.807, 2.05) is 27.7 Å². The van der Waals surface area contributed by atoms with E-state index in [4.69, 9.17) is 4.74 Å². The lowest BCUT2D eigenvalue weighted by atomic mass is 9.90. The first kappa shape index (κ1) is 27.8. The lowest BCUT2D eigenvalue weighted by Crippen LogP contribution is -2.57. The molecule has 7 heteroatoms. The SMILES string of the molecule is CC[C@H](C)[C@@H]([C@@H](CC(=O)O)OC)N(C)C(=O)C(NCC(C(C)C)N(C)C)C(C)C. The monoisotopic (exact) mass is 415 g/mol. The van der Waals surface area contributed by atoms with Gasteiger partial charge in [-0.25, -0.2) is 0 Å². The van der Waals surface area contributed by atoms with Gasteiger partial charge in [-0.05, 0) is 31.8 Å². The average Bonchev–Trinajstić information content (AvgIpc) is 2.62. The van der Waals surface area contributed by atoms with Gasteiger partial charge >= 0.3 is 5.97 Å². The minimum Gasteiger partial charge on any atom is -0.481 e. The summed E-state index contributed by atoms with van der Waals surface area (Å²) < 4.78 is 5.52. The van der Waals surface area contributed by atoms with Gasteiger partial charge in [0.05, 0.1) is 24.6 Å². The first-order chi connectivity index (χ1) is 13.4. The molecule has 2 N–H and O–H groups in total. The van der Waals surface area contributed by atoms with E-state index in [-0.39, 0.29) is 36.2 Å². The van der Waals surface area contributed by atoms with Gasteiger partial charge in [-0.3, -0.25) is 9.59 Å². The van der Waals surface area contributed by atoms with Crippen molar-refractivity contribution < 1.29 is 19.4 Å². The number of methoxy groups -OCH3 is 1. The Kier molecular flexibility index (Phi) is 12.7. The molecule has 0 heterocycles. The highest BCUT2D eigenvalue weighted by Gasteiger charge is 2.37. The Morgan fingerprint density at radius 3 is 1.93 bits per heavy atom. The number of hydrogen-bond donors (Lipinski definition) is 2. The van der Waals surface area contributed by atoms with Crippen LogP contribution in [0.25, 0.3) is 0 Å². The number of amides is 1. The Morgan fingerprint density at radius 1 is 1.03 bits per heavy atom. The van der Waals surface area contributed by atoms with E-state index in [0.717, 1.165) is 6.42 Å². The molecule has 0 spiro atoms. The van der Waals surface area contributed by atoms with Crippen LogP contribution in [0.15, 0.2) is 0 Å². The number of rotatable bonds is 14. The summed E-state index contributed by atoms with van der Waals surface area (Å²) in [5.74, 6) is -0.252. The number of nitrogens with one attached hydrogen (secondary N) is 1. The number of aliphatic carboxylic acids is 1. The third kappa shape index (κ3) is 8.60. The fraction of sp³-hybridized carbons (Fsp3) is 0.909. The maximum atomic E-state index is 13.5. The van der Waals surface area contributed by atoms with Crippen LogP contribution in [0.2, 0.25) is 0 Å². The van der Waals surface area contributed by atoms with E-state index < -0.39 is 12.1 Å². The number of carboxylic acid groups (broad SMARTS) is 1. The average molecular weight is 416 g/mol. The van der Waals surface area contributed by atoms with E-state index >= 15 is 0 Å². The molecule has 0 aromatic rings. The molecule has 29 heavy (non-hydrogen) atoms. The van der Waals surface area contributed by atoms with Crippen molar-refractivity contribution in [3.05, 3.63) is 0 Å². The molecular formula is C22H45N3O4. The normalized spacial score (nSPS) is 17.3. The summed E-state index contributed by atoms with van der Waals surface area (Å²) in [6, 6.07) is -0.320. The Morgan fingerprint density at radius 2 is 1.59 bits per heavy atom. The molecular weight excluding hydrogens is 370 g/mol. The number of nitrogens with zero attached hydrogens (tertiary/aromatic N) is 2. The van der Waals surface area contributed by atoms with Gasteiger partial charge in [0, 0.05) is 26.7 Å². The van der Waals surface area contributed by atoms with Crippen molar-refractivity contribution >= 4 is 11.9 Å². The summed E-state index contributed by atoms with van der Waals surface area (Å²) in [6.45, 7) is 13.2. The zero-order valence-corrected chi connectivity index (χ0v) is 20.2. The minimum atomic E-state index is -0.921. The standard InChI is InChI=1S/C22H45N3O4/c1-11-16(6)21(18(29-10)12-19(26)27)25(9)22(28)20(15(4)5)23-13-17(14(2)3)24(7)8/h14-18,20-21,23H,11-13H2,1-10H3,(H,26,27)/t16-,17?,18+,20?,21-/m0/s1. The first-order valence-corrected chi connectivity index (χ1v) is 10.8. The van der Waals surface area contributed by atoms with Crippen LogP contribution >= 0.6 is 0 Å². The molecule has 0 aliphatic carbocycles. The molecule has 0 fully saturated rings. The van der Waals surface area contributed by atoms with Crippen LogP contribution in [-0.2, 0) is 14.3 Å². The third-order valence-electron chi connectivity index (χ3n) is 5.99. The summed E-state index contributed by atoms with van der Waals surface area (Å²) in [4.78, 5) is 28.7. The Balaban J connectivity index is 5.58. The van der Waals surface area contributed by atoms with Crippen molar-refractivity contribution in [3.8, 4) is 0 Å². The Bertz CT molecular complexity index is 488. The van der Waals surface area contributed by atoms with Crippen LogP contribution in [0.5, 0.6) is 0 Å². The summed E-state index contributed by atoms with van der Waals surface area (Å²) in [5, 5.41) is 12.8. The van der Waals surface area contributed by atoms with Gasteiger partial charge < -0.3 is 25.0 Å². The summed E-state index contributed by atoms with van der Waals surface area (Å²) in [7, 11) is 7.40. The van der Waals surface area contributed by atoms with Gasteiger partial charge in [-0.1, -0.05) is 48.0 Å². The predicted octanol–water partition coefficient (Wildman–Crippen LogP) is 2.55. The lowest BCUT2D eigenvalue weighted by molar-refractivity contribution is -0.147. The molecule has 2 unspecified atom stereocenters. The quantitative estimate of drug-likeness (QED) is 0.454. The molecule has 0 aliphatic rings. The van der Waals surface area contributed by atoms with Crippen molar-refractivity contribution in [3.63, 3.8) is 0 Å². The summed E-state index contributed by atoms with van der Waals surface area (Å²) in [5.41, 5.74) is 0. The molecule has 172 valence electrons. The molecule has 0 saturated heterocycles. The number of hydrogen-bond acceptors (Lipinski definition) is 5. The smallest absolute Gasteiger partial charge is 0.306 e. The van der Waals surface area contributed by atoms with Gasteiger partial charge in [0.2, 0.25) is 5.91 Å². The second kappa shape index (κ2) is 13.2. The van der Waals surface area contributed by atoms with Gasteiger partial charge in [-0.2, -0.15) is 0 Å². The van der Waals surface area contributed by atoms with Crippen molar-refractivity contribution in [1.29, 1.82) is 0 Å². The highest BCUT2D eigenvalue weighted by molar-refractivity contribution is 5.82. The van der Waals surface area contributed by atoms with E-state index in [1.165, 1.54) is 7.11 Å². The molecule has 0 aromatic heterocycles. The molecule has 0 saturated carbocycles. The first-order valence-electron chi connectivity index (χ1n) is 10.8. The molecule has 7 nitrogen and oxygen atoms in total. The Hall–Kier alpha value is -1.18. The van der Waals surface area contributed by atoms with Gasteiger partial charge in [0.25, 0.3) is 0 Å². The summed E-state index contributed by atoms with van der Waals surface area (Å²) >= 11 is 0. The largest absolute Gasteiger partial charge is 0.481 e. The zero-order chi connectivity index (χ0) is 22.9. The van der Waals surface area contributed by atoms with E-state index in [2.05, 4.69) is 38.2 Å². The van der Waals surface area contributed by atoms with Gasteiger partial charge in [-0.15, -0.1) is 0 Å². The van der Waals surface area contributed by atoms with Crippen LogP contribution in [0.1, 0.15) is 54.4 Å². The topological polar surface area (TPSA) is 82.1 Å². The van der Waals surface area contributed by atoms with E-state index in [9.17, 15) is 14.7 Å². The number of carbonyl (C=O) groups excluding carboxylic acids is 1. The molecule has 5 atom stereocenters. The predicted molar refractivity (Wildman–Crippen MR) is 118 cm³/mol.